The summed E-state index contributed by atoms with van der Waals surface area (Å²) in [6, 6.07) is 18.7. The van der Waals surface area contributed by atoms with Gasteiger partial charge in [0.25, 0.3) is 0 Å². The van der Waals surface area contributed by atoms with Crippen molar-refractivity contribution in [1.29, 1.82) is 10.5 Å². The summed E-state index contributed by atoms with van der Waals surface area (Å²) in [5.41, 5.74) is 8.44. The number of nitriles is 2. The second kappa shape index (κ2) is 9.13. The molecule has 0 bridgehead atoms. The number of esters is 1. The number of nitrogen functional groups attached to an aromatic ring is 1. The van der Waals surface area contributed by atoms with Crippen LogP contribution in [0.1, 0.15) is 28.4 Å². The van der Waals surface area contributed by atoms with Crippen LogP contribution in [0.5, 0.6) is 0 Å². The molecule has 3 aromatic carbocycles. The van der Waals surface area contributed by atoms with E-state index in [0.29, 0.717) is 31.2 Å². The molecule has 0 atom stereocenters. The van der Waals surface area contributed by atoms with Crippen LogP contribution in [0.4, 0.5) is 5.69 Å². The third-order valence-corrected chi connectivity index (χ3v) is 5.91. The summed E-state index contributed by atoms with van der Waals surface area (Å²) >= 11 is 7.06. The summed E-state index contributed by atoms with van der Waals surface area (Å²) in [6.07, 6.45) is 0. The van der Waals surface area contributed by atoms with Crippen molar-refractivity contribution in [2.75, 3.05) is 12.3 Å². The second-order valence-corrected chi connectivity index (χ2v) is 7.90. The molecule has 3 rings (SSSR count). The highest BCUT2D eigenvalue weighted by atomic mass is 79.9. The lowest BCUT2D eigenvalue weighted by Crippen LogP contribution is -2.14. The molecular formula is C23H15Br2N3O2. The SMILES string of the molecule is CCOC(=O)c1c(C#N)c(N)c(C#N)c(-c2ccccc2Br)c1-c1ccccc1Br. The Balaban J connectivity index is 2.64. The molecule has 0 aromatic heterocycles. The Morgan fingerprint density at radius 2 is 1.43 bits per heavy atom. The lowest BCUT2D eigenvalue weighted by Gasteiger charge is -2.21. The van der Waals surface area contributed by atoms with E-state index in [9.17, 15) is 15.3 Å². The molecule has 30 heavy (non-hydrogen) atoms. The highest BCUT2D eigenvalue weighted by Crippen LogP contribution is 2.46. The highest BCUT2D eigenvalue weighted by molar-refractivity contribution is 9.11. The summed E-state index contributed by atoms with van der Waals surface area (Å²) in [6.45, 7) is 1.81. The van der Waals surface area contributed by atoms with E-state index < -0.39 is 5.97 Å². The molecule has 0 amide bonds. The van der Waals surface area contributed by atoms with Gasteiger partial charge in [-0.05, 0) is 30.2 Å². The van der Waals surface area contributed by atoms with E-state index in [1.165, 1.54) is 0 Å². The van der Waals surface area contributed by atoms with E-state index in [1.54, 1.807) is 13.0 Å². The van der Waals surface area contributed by atoms with Gasteiger partial charge in [0.2, 0.25) is 0 Å². The van der Waals surface area contributed by atoms with Gasteiger partial charge in [0.15, 0.2) is 0 Å². The van der Waals surface area contributed by atoms with Crippen molar-refractivity contribution in [3.05, 3.63) is 74.2 Å². The van der Waals surface area contributed by atoms with Crippen LogP contribution in [0.15, 0.2) is 57.5 Å². The first kappa shape index (κ1) is 21.6. The molecule has 0 radical (unpaired) electrons. The Hall–Kier alpha value is -3.13. The third kappa shape index (κ3) is 3.70. The molecule has 3 aromatic rings. The predicted molar refractivity (Wildman–Crippen MR) is 123 cm³/mol. The normalized spacial score (nSPS) is 10.2. The van der Waals surface area contributed by atoms with E-state index in [1.807, 2.05) is 48.5 Å². The number of ether oxygens (including phenoxy) is 1. The lowest BCUT2D eigenvalue weighted by atomic mass is 9.83. The minimum atomic E-state index is -0.677. The fraction of sp³-hybridized carbons (Fsp3) is 0.0870. The third-order valence-electron chi connectivity index (χ3n) is 4.53. The average Bonchev–Trinajstić information content (AvgIpc) is 2.74. The Kier molecular flexibility index (Phi) is 6.56. The summed E-state index contributed by atoms with van der Waals surface area (Å²) < 4.78 is 6.68. The molecule has 7 heteroatoms. The molecule has 148 valence electrons. The Morgan fingerprint density at radius 3 is 1.90 bits per heavy atom. The first-order chi connectivity index (χ1) is 14.5. The van der Waals surface area contributed by atoms with E-state index >= 15 is 0 Å². The summed E-state index contributed by atoms with van der Waals surface area (Å²) in [4.78, 5) is 13.0. The standard InChI is InChI=1S/C23H15Br2N3O2/c1-2-30-23(29)21-16(12-27)22(28)15(11-26)19(13-7-3-5-9-17(13)24)20(21)14-8-4-6-10-18(14)25/h3-10H,2,28H2,1H3. The van der Waals surface area contributed by atoms with E-state index in [2.05, 4.69) is 37.9 Å². The van der Waals surface area contributed by atoms with E-state index in [0.717, 1.165) is 0 Å². The van der Waals surface area contributed by atoms with Crippen molar-refractivity contribution in [1.82, 2.24) is 0 Å². The molecule has 2 N–H and O–H groups in total. The largest absolute Gasteiger partial charge is 0.462 e. The zero-order valence-corrected chi connectivity index (χ0v) is 19.0. The van der Waals surface area contributed by atoms with Crippen molar-refractivity contribution < 1.29 is 9.53 Å². The van der Waals surface area contributed by atoms with Crippen molar-refractivity contribution in [3.8, 4) is 34.4 Å². The monoisotopic (exact) mass is 523 g/mol. The molecule has 0 unspecified atom stereocenters. The van der Waals surface area contributed by atoms with Gasteiger partial charge in [0.05, 0.1) is 29.0 Å². The molecule has 0 aliphatic rings. The maximum absolute atomic E-state index is 13.0. The Labute approximate surface area is 191 Å². The number of carbonyl (C=O) groups excluding carboxylic acids is 1. The fourth-order valence-electron chi connectivity index (χ4n) is 3.28. The number of carbonyl (C=O) groups is 1. The molecule has 0 saturated heterocycles. The van der Waals surface area contributed by atoms with Crippen LogP contribution in [0.3, 0.4) is 0 Å². The van der Waals surface area contributed by atoms with Crippen LogP contribution in [0.2, 0.25) is 0 Å². The maximum atomic E-state index is 13.0. The number of rotatable bonds is 4. The molecule has 0 saturated carbocycles. The van der Waals surface area contributed by atoms with Crippen LogP contribution < -0.4 is 5.73 Å². The van der Waals surface area contributed by atoms with Gasteiger partial charge in [-0.3, -0.25) is 0 Å². The number of nitrogens with two attached hydrogens (primary N) is 1. The number of benzene rings is 3. The quantitative estimate of drug-likeness (QED) is 0.331. The van der Waals surface area contributed by atoms with Gasteiger partial charge >= 0.3 is 5.97 Å². The van der Waals surface area contributed by atoms with Gasteiger partial charge in [-0.25, -0.2) is 4.79 Å². The molecule has 0 heterocycles. The summed E-state index contributed by atoms with van der Waals surface area (Å²) in [5.74, 6) is -0.677. The van der Waals surface area contributed by atoms with E-state index in [4.69, 9.17) is 10.5 Å². The van der Waals surface area contributed by atoms with Crippen molar-refractivity contribution in [2.45, 2.75) is 6.92 Å². The first-order valence-corrected chi connectivity index (χ1v) is 10.5. The Bertz CT molecular complexity index is 1240. The predicted octanol–water partition coefficient (Wildman–Crippen LogP) is 6.05. The number of nitrogens with zero attached hydrogens (tertiary/aromatic N) is 2. The number of hydrogen-bond acceptors (Lipinski definition) is 5. The number of anilines is 1. The lowest BCUT2D eigenvalue weighted by molar-refractivity contribution is 0.0527. The maximum Gasteiger partial charge on any atom is 0.340 e. The van der Waals surface area contributed by atoms with Gasteiger partial charge < -0.3 is 10.5 Å². The van der Waals surface area contributed by atoms with Crippen LogP contribution in [-0.4, -0.2) is 12.6 Å². The topological polar surface area (TPSA) is 99.9 Å². The fourth-order valence-corrected chi connectivity index (χ4v) is 4.24. The second-order valence-electron chi connectivity index (χ2n) is 6.19. The van der Waals surface area contributed by atoms with Crippen molar-refractivity contribution in [2.24, 2.45) is 0 Å². The van der Waals surface area contributed by atoms with E-state index in [-0.39, 0.29) is 29.0 Å². The highest BCUT2D eigenvalue weighted by Gasteiger charge is 2.30. The summed E-state index contributed by atoms with van der Waals surface area (Å²) in [5, 5.41) is 19.8. The first-order valence-electron chi connectivity index (χ1n) is 8.92. The molecule has 5 nitrogen and oxygen atoms in total. The van der Waals surface area contributed by atoms with Crippen molar-refractivity contribution >= 4 is 43.5 Å². The smallest absolute Gasteiger partial charge is 0.340 e. The average molecular weight is 525 g/mol. The van der Waals surface area contributed by atoms with Gasteiger partial charge in [-0.1, -0.05) is 68.3 Å². The zero-order valence-electron chi connectivity index (χ0n) is 15.9. The van der Waals surface area contributed by atoms with Crippen LogP contribution in [-0.2, 0) is 4.74 Å². The van der Waals surface area contributed by atoms with Gasteiger partial charge in [-0.15, -0.1) is 0 Å². The molecular weight excluding hydrogens is 510 g/mol. The van der Waals surface area contributed by atoms with Gasteiger partial charge in [-0.2, -0.15) is 10.5 Å². The number of halogens is 2. The molecule has 0 fully saturated rings. The van der Waals surface area contributed by atoms with Crippen molar-refractivity contribution in [3.63, 3.8) is 0 Å². The summed E-state index contributed by atoms with van der Waals surface area (Å²) in [7, 11) is 0. The molecule has 0 aliphatic carbocycles. The van der Waals surface area contributed by atoms with Gasteiger partial charge in [0, 0.05) is 20.1 Å². The van der Waals surface area contributed by atoms with Crippen LogP contribution in [0, 0.1) is 22.7 Å². The molecule has 0 aliphatic heterocycles. The molecule has 0 spiro atoms. The Morgan fingerprint density at radius 1 is 0.933 bits per heavy atom. The zero-order chi connectivity index (χ0) is 21.8. The van der Waals surface area contributed by atoms with Crippen LogP contribution >= 0.6 is 31.9 Å². The van der Waals surface area contributed by atoms with Crippen LogP contribution in [0.25, 0.3) is 22.3 Å². The minimum absolute atomic E-state index is 0.0357. The minimum Gasteiger partial charge on any atom is -0.462 e. The van der Waals surface area contributed by atoms with Gasteiger partial charge in [0.1, 0.15) is 12.1 Å². The number of hydrogen-bond donors (Lipinski definition) is 1.